The van der Waals surface area contributed by atoms with E-state index in [0.29, 0.717) is 21.2 Å². The minimum atomic E-state index is -0.653. The second-order valence-corrected chi connectivity index (χ2v) is 6.23. The summed E-state index contributed by atoms with van der Waals surface area (Å²) in [5, 5.41) is 0.317. The van der Waals surface area contributed by atoms with Gasteiger partial charge in [-0.15, -0.1) is 0 Å². The van der Waals surface area contributed by atoms with Crippen LogP contribution in [0, 0.1) is 0 Å². The molecule has 128 valence electrons. The first-order valence-corrected chi connectivity index (χ1v) is 8.51. The van der Waals surface area contributed by atoms with E-state index in [0.717, 1.165) is 0 Å². The number of para-hydroxylation sites is 1. The number of furan rings is 1. The molecule has 0 saturated heterocycles. The van der Waals surface area contributed by atoms with Crippen molar-refractivity contribution in [2.75, 3.05) is 0 Å². The molecule has 4 aromatic rings. The summed E-state index contributed by atoms with van der Waals surface area (Å²) in [6.45, 7) is 0. The highest BCUT2D eigenvalue weighted by Gasteiger charge is 2.23. The predicted molar refractivity (Wildman–Crippen MR) is 99.3 cm³/mol. The number of fused-ring (bicyclic) bond motifs is 1. The van der Waals surface area contributed by atoms with Gasteiger partial charge >= 0.3 is 5.97 Å². The lowest BCUT2D eigenvalue weighted by atomic mass is 10.2. The first kappa shape index (κ1) is 16.4. The lowest BCUT2D eigenvalue weighted by Gasteiger charge is -2.09. The van der Waals surface area contributed by atoms with Gasteiger partial charge in [0.1, 0.15) is 5.58 Å². The summed E-state index contributed by atoms with van der Waals surface area (Å²) in [5.41, 5.74) is 0.254. The van der Waals surface area contributed by atoms with Gasteiger partial charge in [0.15, 0.2) is 10.4 Å². The number of hydrogen-bond acceptors (Lipinski definition) is 5. The zero-order valence-corrected chi connectivity index (χ0v) is 14.9. The number of benzene rings is 2. The van der Waals surface area contributed by atoms with Gasteiger partial charge in [0, 0.05) is 0 Å². The van der Waals surface area contributed by atoms with Crippen LogP contribution >= 0.6 is 15.9 Å². The number of ether oxygens (including phenoxy) is 1. The van der Waals surface area contributed by atoms with E-state index in [1.54, 1.807) is 66.7 Å². The second kappa shape index (κ2) is 6.65. The summed E-state index contributed by atoms with van der Waals surface area (Å²) in [5.74, 6) is -0.529. The second-order valence-electron chi connectivity index (χ2n) is 5.44. The Hall–Kier alpha value is -3.12. The van der Waals surface area contributed by atoms with Crippen molar-refractivity contribution in [1.82, 2.24) is 0 Å². The Balaban J connectivity index is 1.90. The first-order chi connectivity index (χ1) is 12.6. The average molecular weight is 411 g/mol. The van der Waals surface area contributed by atoms with Crippen LogP contribution in [0.5, 0.6) is 5.75 Å². The molecule has 4 rings (SSSR count). The van der Waals surface area contributed by atoms with E-state index in [-0.39, 0.29) is 17.3 Å². The molecule has 0 aliphatic heterocycles. The van der Waals surface area contributed by atoms with E-state index in [4.69, 9.17) is 13.6 Å². The van der Waals surface area contributed by atoms with Crippen LogP contribution in [-0.2, 0) is 0 Å². The highest BCUT2D eigenvalue weighted by Crippen LogP contribution is 2.33. The summed E-state index contributed by atoms with van der Waals surface area (Å²) < 4.78 is 17.2. The van der Waals surface area contributed by atoms with Crippen molar-refractivity contribution in [3.63, 3.8) is 0 Å². The van der Waals surface area contributed by atoms with Crippen molar-refractivity contribution in [3.05, 3.63) is 87.2 Å². The number of esters is 1. The molecule has 0 radical (unpaired) electrons. The van der Waals surface area contributed by atoms with E-state index in [1.807, 2.05) is 0 Å². The molecule has 0 spiro atoms. The van der Waals surface area contributed by atoms with Gasteiger partial charge in [-0.2, -0.15) is 0 Å². The Morgan fingerprint density at radius 2 is 1.62 bits per heavy atom. The zero-order chi connectivity index (χ0) is 18.1. The topological polar surface area (TPSA) is 69.7 Å². The third-order valence-corrected chi connectivity index (χ3v) is 4.18. The third kappa shape index (κ3) is 2.95. The van der Waals surface area contributed by atoms with Crippen LogP contribution in [0.2, 0.25) is 0 Å². The van der Waals surface area contributed by atoms with Gasteiger partial charge in [-0.25, -0.2) is 4.79 Å². The Morgan fingerprint density at radius 1 is 0.885 bits per heavy atom. The van der Waals surface area contributed by atoms with Crippen molar-refractivity contribution in [1.29, 1.82) is 0 Å². The average Bonchev–Trinajstić information content (AvgIpc) is 3.10. The van der Waals surface area contributed by atoms with Gasteiger partial charge < -0.3 is 13.6 Å². The zero-order valence-electron chi connectivity index (χ0n) is 13.3. The Labute approximate surface area is 155 Å². The lowest BCUT2D eigenvalue weighted by Crippen LogP contribution is -2.16. The van der Waals surface area contributed by atoms with Crippen molar-refractivity contribution in [2.45, 2.75) is 0 Å². The van der Waals surface area contributed by atoms with E-state index in [9.17, 15) is 9.59 Å². The standard InChI is InChI=1S/C20H11BrO5/c21-16-11-10-15(24-16)18-19(26-20(23)12-6-2-1-3-7-12)17(22)13-8-4-5-9-14(13)25-18/h1-11H. The van der Waals surface area contributed by atoms with Crippen molar-refractivity contribution >= 4 is 32.9 Å². The molecule has 5 nitrogen and oxygen atoms in total. The molecule has 2 heterocycles. The quantitative estimate of drug-likeness (QED) is 0.442. The minimum Gasteiger partial charge on any atom is -0.449 e. The maximum absolute atomic E-state index is 12.9. The van der Waals surface area contributed by atoms with Gasteiger partial charge in [-0.05, 0) is 52.3 Å². The van der Waals surface area contributed by atoms with E-state index in [1.165, 1.54) is 0 Å². The third-order valence-electron chi connectivity index (χ3n) is 3.76. The number of carbonyl (C=O) groups is 1. The molecule has 6 heteroatoms. The van der Waals surface area contributed by atoms with Crippen LogP contribution in [0.3, 0.4) is 0 Å². The summed E-state index contributed by atoms with van der Waals surface area (Å²) in [6, 6.07) is 18.4. The molecule has 26 heavy (non-hydrogen) atoms. The summed E-state index contributed by atoms with van der Waals surface area (Å²) >= 11 is 3.22. The van der Waals surface area contributed by atoms with Gasteiger partial charge in [-0.1, -0.05) is 30.3 Å². The fraction of sp³-hybridized carbons (Fsp3) is 0. The number of hydrogen-bond donors (Lipinski definition) is 0. The Kier molecular flexibility index (Phi) is 4.18. The molecule has 0 bridgehead atoms. The summed E-state index contributed by atoms with van der Waals surface area (Å²) in [4.78, 5) is 25.4. The highest BCUT2D eigenvalue weighted by molar-refractivity contribution is 9.10. The largest absolute Gasteiger partial charge is 0.449 e. The van der Waals surface area contributed by atoms with E-state index in [2.05, 4.69) is 15.9 Å². The van der Waals surface area contributed by atoms with Gasteiger partial charge in [0.05, 0.1) is 10.9 Å². The van der Waals surface area contributed by atoms with Crippen LogP contribution < -0.4 is 10.2 Å². The maximum atomic E-state index is 12.9. The fourth-order valence-corrected chi connectivity index (χ4v) is 2.85. The smallest absolute Gasteiger partial charge is 0.343 e. The SMILES string of the molecule is O=C(Oc1c(-c2ccc(Br)o2)oc2ccccc2c1=O)c1ccccc1. The normalized spacial score (nSPS) is 10.8. The lowest BCUT2D eigenvalue weighted by molar-refractivity contribution is 0.0731. The van der Waals surface area contributed by atoms with Gasteiger partial charge in [-0.3, -0.25) is 4.79 Å². The summed E-state index contributed by atoms with van der Waals surface area (Å²) in [6.07, 6.45) is 0. The maximum Gasteiger partial charge on any atom is 0.343 e. The predicted octanol–water partition coefficient (Wildman–Crippen LogP) is 5.03. The van der Waals surface area contributed by atoms with Crippen LogP contribution in [0.25, 0.3) is 22.5 Å². The number of rotatable bonds is 3. The molecule has 0 amide bonds. The summed E-state index contributed by atoms with van der Waals surface area (Å²) in [7, 11) is 0. The van der Waals surface area contributed by atoms with Crippen LogP contribution in [0.15, 0.2) is 85.0 Å². The van der Waals surface area contributed by atoms with E-state index >= 15 is 0 Å². The molecule has 0 aliphatic rings. The number of halogens is 1. The van der Waals surface area contributed by atoms with E-state index < -0.39 is 11.4 Å². The molecule has 0 atom stereocenters. The van der Waals surface area contributed by atoms with Gasteiger partial charge in [0.2, 0.25) is 16.9 Å². The first-order valence-electron chi connectivity index (χ1n) is 7.72. The van der Waals surface area contributed by atoms with Crippen molar-refractivity contribution < 1.29 is 18.4 Å². The molecule has 0 N–H and O–H groups in total. The molecule has 2 aromatic heterocycles. The molecular weight excluding hydrogens is 400 g/mol. The molecule has 2 aromatic carbocycles. The van der Waals surface area contributed by atoms with Crippen LogP contribution in [0.1, 0.15) is 10.4 Å². The van der Waals surface area contributed by atoms with Crippen LogP contribution in [0.4, 0.5) is 0 Å². The molecule has 0 fully saturated rings. The van der Waals surface area contributed by atoms with Crippen molar-refractivity contribution in [2.24, 2.45) is 0 Å². The fourth-order valence-electron chi connectivity index (χ4n) is 2.54. The van der Waals surface area contributed by atoms with Crippen molar-refractivity contribution in [3.8, 4) is 17.3 Å². The van der Waals surface area contributed by atoms with Gasteiger partial charge in [0.25, 0.3) is 0 Å². The Bertz CT molecular complexity index is 1160. The molecule has 0 unspecified atom stereocenters. The minimum absolute atomic E-state index is 0.0590. The highest BCUT2D eigenvalue weighted by atomic mass is 79.9. The monoisotopic (exact) mass is 410 g/mol. The molecular formula is C20H11BrO5. The molecule has 0 saturated carbocycles. The molecule has 0 aliphatic carbocycles. The van der Waals surface area contributed by atoms with Crippen LogP contribution in [-0.4, -0.2) is 5.97 Å². The number of carbonyl (C=O) groups excluding carboxylic acids is 1. The Morgan fingerprint density at radius 3 is 2.35 bits per heavy atom.